The van der Waals surface area contributed by atoms with Crippen molar-refractivity contribution in [3.63, 3.8) is 0 Å². The van der Waals surface area contributed by atoms with E-state index in [-0.39, 0.29) is 17.7 Å². The Labute approximate surface area is 113 Å². The van der Waals surface area contributed by atoms with Crippen LogP contribution in [0.1, 0.15) is 32.8 Å². The molecule has 104 valence electrons. The van der Waals surface area contributed by atoms with Crippen molar-refractivity contribution in [2.75, 3.05) is 0 Å². The van der Waals surface area contributed by atoms with Gasteiger partial charge in [-0.1, -0.05) is 20.8 Å². The molecule has 2 rings (SSSR count). The molecule has 1 aromatic heterocycles. The lowest BCUT2D eigenvalue weighted by atomic mass is 9.96. The molecule has 2 amide bonds. The van der Waals surface area contributed by atoms with Crippen LogP contribution < -0.4 is 5.32 Å². The minimum atomic E-state index is -0.412. The molecule has 0 aliphatic carbocycles. The Morgan fingerprint density at radius 3 is 2.68 bits per heavy atom. The number of nitrogens with zero attached hydrogens (tertiary/aromatic N) is 1. The molecule has 5 heteroatoms. The minimum absolute atomic E-state index is 0.0120. The number of hydrogen-bond acceptors (Lipinski definition) is 3. The summed E-state index contributed by atoms with van der Waals surface area (Å²) < 4.78 is 5.03. The van der Waals surface area contributed by atoms with Gasteiger partial charge in [0.2, 0.25) is 11.8 Å². The highest BCUT2D eigenvalue weighted by Crippen LogP contribution is 2.21. The first-order valence-electron chi connectivity index (χ1n) is 6.66. The minimum Gasteiger partial charge on any atom is -0.472 e. The summed E-state index contributed by atoms with van der Waals surface area (Å²) in [7, 11) is 0. The van der Waals surface area contributed by atoms with Gasteiger partial charge in [-0.05, 0) is 18.4 Å². The lowest BCUT2D eigenvalue weighted by Crippen LogP contribution is -2.64. The van der Waals surface area contributed by atoms with Gasteiger partial charge in [-0.2, -0.15) is 0 Å². The van der Waals surface area contributed by atoms with Gasteiger partial charge in [0.25, 0.3) is 0 Å². The molecule has 0 spiro atoms. The Morgan fingerprint density at radius 2 is 2.16 bits per heavy atom. The molecule has 0 radical (unpaired) electrons. The molecule has 1 N–H and O–H groups in total. The first-order valence-corrected chi connectivity index (χ1v) is 6.66. The van der Waals surface area contributed by atoms with E-state index in [1.807, 2.05) is 26.8 Å². The molecule has 1 aromatic rings. The van der Waals surface area contributed by atoms with Gasteiger partial charge < -0.3 is 14.6 Å². The Hall–Kier alpha value is -1.78. The average Bonchev–Trinajstić information content (AvgIpc) is 2.85. The van der Waals surface area contributed by atoms with Crippen LogP contribution in [0.2, 0.25) is 0 Å². The molecule has 19 heavy (non-hydrogen) atoms. The van der Waals surface area contributed by atoms with Gasteiger partial charge in [-0.25, -0.2) is 0 Å². The van der Waals surface area contributed by atoms with Crippen LogP contribution in [-0.4, -0.2) is 28.8 Å². The largest absolute Gasteiger partial charge is 0.472 e. The molecule has 1 aliphatic heterocycles. The summed E-state index contributed by atoms with van der Waals surface area (Å²) in [4.78, 5) is 26.3. The van der Waals surface area contributed by atoms with E-state index in [1.54, 1.807) is 17.4 Å². The zero-order valence-electron chi connectivity index (χ0n) is 11.6. The molecule has 0 saturated carbocycles. The molecule has 0 bridgehead atoms. The van der Waals surface area contributed by atoms with Crippen molar-refractivity contribution in [2.45, 2.75) is 45.8 Å². The van der Waals surface area contributed by atoms with Crippen molar-refractivity contribution in [2.24, 2.45) is 5.92 Å². The van der Waals surface area contributed by atoms with Crippen molar-refractivity contribution in [3.05, 3.63) is 24.2 Å². The van der Waals surface area contributed by atoms with Crippen molar-refractivity contribution in [3.8, 4) is 0 Å². The summed E-state index contributed by atoms with van der Waals surface area (Å²) in [6.45, 7) is 6.22. The van der Waals surface area contributed by atoms with Gasteiger partial charge in [0.05, 0.1) is 12.5 Å². The van der Waals surface area contributed by atoms with E-state index < -0.39 is 12.1 Å². The van der Waals surface area contributed by atoms with Crippen molar-refractivity contribution < 1.29 is 14.0 Å². The highest BCUT2D eigenvalue weighted by atomic mass is 16.3. The monoisotopic (exact) mass is 264 g/mol. The summed E-state index contributed by atoms with van der Waals surface area (Å²) in [6, 6.07) is 0.998. The number of nitrogens with one attached hydrogen (secondary N) is 1. The average molecular weight is 264 g/mol. The number of hydrogen-bond donors (Lipinski definition) is 1. The molecule has 5 nitrogen and oxygen atoms in total. The summed E-state index contributed by atoms with van der Waals surface area (Å²) in [5, 5.41) is 2.80. The number of piperazine rings is 1. The maximum atomic E-state index is 12.4. The highest BCUT2D eigenvalue weighted by molar-refractivity contribution is 5.97. The van der Waals surface area contributed by atoms with Crippen LogP contribution in [0.15, 0.2) is 23.0 Å². The Kier molecular flexibility index (Phi) is 3.93. The first kappa shape index (κ1) is 13.6. The lowest BCUT2D eigenvalue weighted by molar-refractivity contribution is -0.152. The van der Waals surface area contributed by atoms with Crippen LogP contribution in [0.3, 0.4) is 0 Å². The van der Waals surface area contributed by atoms with Gasteiger partial charge in [-0.3, -0.25) is 9.59 Å². The second kappa shape index (κ2) is 5.47. The normalized spacial score (nSPS) is 23.9. The third-order valence-corrected chi connectivity index (χ3v) is 3.47. The molecular formula is C14H20N2O3. The molecular weight excluding hydrogens is 244 g/mol. The zero-order valence-corrected chi connectivity index (χ0v) is 11.6. The molecule has 0 aromatic carbocycles. The summed E-state index contributed by atoms with van der Waals surface area (Å²) in [5.41, 5.74) is 0.906. The lowest BCUT2D eigenvalue weighted by Gasteiger charge is -2.40. The van der Waals surface area contributed by atoms with Crippen LogP contribution in [0.5, 0.6) is 0 Å². The fourth-order valence-corrected chi connectivity index (χ4v) is 2.49. The fraction of sp³-hybridized carbons (Fsp3) is 0.571. The topological polar surface area (TPSA) is 62.6 Å². The van der Waals surface area contributed by atoms with Crippen molar-refractivity contribution >= 4 is 11.8 Å². The van der Waals surface area contributed by atoms with E-state index in [4.69, 9.17) is 4.42 Å². The predicted molar refractivity (Wildman–Crippen MR) is 70.1 cm³/mol. The van der Waals surface area contributed by atoms with E-state index >= 15 is 0 Å². The fourth-order valence-electron chi connectivity index (χ4n) is 2.49. The van der Waals surface area contributed by atoms with E-state index in [0.29, 0.717) is 13.0 Å². The third-order valence-electron chi connectivity index (χ3n) is 3.47. The van der Waals surface area contributed by atoms with Crippen LogP contribution in [0.25, 0.3) is 0 Å². The second-order valence-electron chi connectivity index (χ2n) is 5.26. The summed E-state index contributed by atoms with van der Waals surface area (Å²) >= 11 is 0. The van der Waals surface area contributed by atoms with Crippen molar-refractivity contribution in [1.29, 1.82) is 0 Å². The van der Waals surface area contributed by atoms with E-state index in [9.17, 15) is 9.59 Å². The van der Waals surface area contributed by atoms with Gasteiger partial charge in [-0.15, -0.1) is 0 Å². The predicted octanol–water partition coefficient (Wildman–Crippen LogP) is 1.54. The molecule has 1 aliphatic rings. The molecule has 2 unspecified atom stereocenters. The maximum Gasteiger partial charge on any atom is 0.246 e. The molecule has 2 atom stereocenters. The van der Waals surface area contributed by atoms with Gasteiger partial charge in [0.15, 0.2) is 0 Å². The van der Waals surface area contributed by atoms with Crippen LogP contribution >= 0.6 is 0 Å². The maximum absolute atomic E-state index is 12.4. The SMILES string of the molecule is CCC1NC(=O)C(C(C)C)N(Cc2ccoc2)C1=O. The standard InChI is InChI=1S/C14H20N2O3/c1-4-11-14(18)16(7-10-5-6-19-8-10)12(9(2)3)13(17)15-11/h5-6,8-9,11-12H,4,7H2,1-3H3,(H,15,17). The van der Waals surface area contributed by atoms with Gasteiger partial charge >= 0.3 is 0 Å². The Morgan fingerprint density at radius 1 is 1.42 bits per heavy atom. The zero-order chi connectivity index (χ0) is 14.0. The molecule has 1 fully saturated rings. The second-order valence-corrected chi connectivity index (χ2v) is 5.26. The quantitative estimate of drug-likeness (QED) is 0.897. The third kappa shape index (κ3) is 2.64. The highest BCUT2D eigenvalue weighted by Gasteiger charge is 2.41. The Balaban J connectivity index is 2.26. The van der Waals surface area contributed by atoms with Crippen LogP contribution in [0, 0.1) is 5.92 Å². The van der Waals surface area contributed by atoms with Gasteiger partial charge in [0.1, 0.15) is 12.1 Å². The van der Waals surface area contributed by atoms with E-state index in [2.05, 4.69) is 5.32 Å². The van der Waals surface area contributed by atoms with Crippen LogP contribution in [-0.2, 0) is 16.1 Å². The van der Waals surface area contributed by atoms with E-state index in [0.717, 1.165) is 5.56 Å². The smallest absolute Gasteiger partial charge is 0.246 e. The van der Waals surface area contributed by atoms with E-state index in [1.165, 1.54) is 0 Å². The number of rotatable bonds is 4. The number of carbonyl (C=O) groups is 2. The number of furan rings is 1. The van der Waals surface area contributed by atoms with Gasteiger partial charge in [0, 0.05) is 12.1 Å². The number of carbonyl (C=O) groups excluding carboxylic acids is 2. The summed E-state index contributed by atoms with van der Waals surface area (Å²) in [6.07, 6.45) is 3.79. The summed E-state index contributed by atoms with van der Waals surface area (Å²) in [5.74, 6) is 0.000557. The number of amides is 2. The van der Waals surface area contributed by atoms with Crippen molar-refractivity contribution in [1.82, 2.24) is 10.2 Å². The molecule has 2 heterocycles. The first-order chi connectivity index (χ1) is 9.04. The Bertz CT molecular complexity index is 453. The van der Waals surface area contributed by atoms with Crippen LogP contribution in [0.4, 0.5) is 0 Å². The molecule has 1 saturated heterocycles.